The first-order chi connectivity index (χ1) is 8.69. The van der Waals surface area contributed by atoms with E-state index in [1.165, 1.54) is 26.6 Å². The van der Waals surface area contributed by atoms with Crippen molar-refractivity contribution in [3.8, 4) is 0 Å². The van der Waals surface area contributed by atoms with Gasteiger partial charge >= 0.3 is 0 Å². The van der Waals surface area contributed by atoms with Crippen molar-refractivity contribution in [3.05, 3.63) is 51.0 Å². The zero-order chi connectivity index (χ0) is 13.0. The van der Waals surface area contributed by atoms with E-state index >= 15 is 0 Å². The summed E-state index contributed by atoms with van der Waals surface area (Å²) in [6.07, 6.45) is 2.93. The predicted octanol–water partition coefficient (Wildman–Crippen LogP) is 3.46. The molecule has 0 saturated heterocycles. The van der Waals surface area contributed by atoms with E-state index in [-0.39, 0.29) is 0 Å². The standard InChI is InChI=1S/C15H20N2S/c1-4-16-9-14-10-17-15(18-14)8-13-6-5-11(2)12(3)7-13/h5-7,10,16H,4,8-9H2,1-3H3. The Morgan fingerprint density at radius 3 is 2.78 bits per heavy atom. The monoisotopic (exact) mass is 260 g/mol. The van der Waals surface area contributed by atoms with Crippen LogP contribution < -0.4 is 5.32 Å². The quantitative estimate of drug-likeness (QED) is 0.890. The zero-order valence-electron chi connectivity index (χ0n) is 11.3. The molecule has 0 aliphatic rings. The number of nitrogens with one attached hydrogen (secondary N) is 1. The molecule has 0 fully saturated rings. The third kappa shape index (κ3) is 3.40. The van der Waals surface area contributed by atoms with E-state index in [0.29, 0.717) is 0 Å². The first-order valence-electron chi connectivity index (χ1n) is 6.39. The van der Waals surface area contributed by atoms with Crippen LogP contribution in [0, 0.1) is 13.8 Å². The number of nitrogens with zero attached hydrogens (tertiary/aromatic N) is 1. The Hall–Kier alpha value is -1.19. The van der Waals surface area contributed by atoms with Crippen LogP contribution in [0.15, 0.2) is 24.4 Å². The molecule has 1 N–H and O–H groups in total. The molecule has 1 aromatic heterocycles. The SMILES string of the molecule is CCNCc1cnc(Cc2ccc(C)c(C)c2)s1. The van der Waals surface area contributed by atoms with E-state index in [4.69, 9.17) is 0 Å². The Balaban J connectivity index is 2.04. The van der Waals surface area contributed by atoms with Crippen molar-refractivity contribution in [2.24, 2.45) is 0 Å². The maximum atomic E-state index is 4.49. The molecule has 0 spiro atoms. The van der Waals surface area contributed by atoms with E-state index in [0.717, 1.165) is 19.5 Å². The molecule has 0 atom stereocenters. The molecular weight excluding hydrogens is 240 g/mol. The molecule has 0 saturated carbocycles. The second-order valence-corrected chi connectivity index (χ2v) is 5.80. The van der Waals surface area contributed by atoms with Gasteiger partial charge in [-0.1, -0.05) is 25.1 Å². The number of thiazole rings is 1. The highest BCUT2D eigenvalue weighted by atomic mass is 32.1. The Bertz CT molecular complexity index is 517. The third-order valence-corrected chi connectivity index (χ3v) is 4.07. The first-order valence-corrected chi connectivity index (χ1v) is 7.21. The lowest BCUT2D eigenvalue weighted by molar-refractivity contribution is 0.734. The zero-order valence-corrected chi connectivity index (χ0v) is 12.1. The van der Waals surface area contributed by atoms with Gasteiger partial charge in [-0.3, -0.25) is 0 Å². The molecule has 0 amide bonds. The lowest BCUT2D eigenvalue weighted by Gasteiger charge is -2.03. The molecule has 0 radical (unpaired) electrons. The summed E-state index contributed by atoms with van der Waals surface area (Å²) in [6, 6.07) is 6.66. The molecule has 1 heterocycles. The molecule has 1 aromatic carbocycles. The predicted molar refractivity (Wildman–Crippen MR) is 78.2 cm³/mol. The summed E-state index contributed by atoms with van der Waals surface area (Å²) in [5.41, 5.74) is 4.06. The number of aromatic nitrogens is 1. The van der Waals surface area contributed by atoms with Crippen LogP contribution in [0.1, 0.15) is 33.5 Å². The third-order valence-electron chi connectivity index (χ3n) is 3.08. The number of aryl methyl sites for hydroxylation is 2. The van der Waals surface area contributed by atoms with Crippen molar-refractivity contribution < 1.29 is 0 Å². The lowest BCUT2D eigenvalue weighted by atomic mass is 10.0. The second-order valence-electron chi connectivity index (χ2n) is 4.60. The van der Waals surface area contributed by atoms with Gasteiger partial charge in [0, 0.05) is 24.0 Å². The summed E-state index contributed by atoms with van der Waals surface area (Å²) in [4.78, 5) is 5.81. The highest BCUT2D eigenvalue weighted by molar-refractivity contribution is 7.11. The summed E-state index contributed by atoms with van der Waals surface area (Å²) >= 11 is 1.80. The van der Waals surface area contributed by atoms with Crippen LogP contribution in [0.4, 0.5) is 0 Å². The normalized spacial score (nSPS) is 10.8. The van der Waals surface area contributed by atoms with Gasteiger partial charge in [-0.15, -0.1) is 11.3 Å². The van der Waals surface area contributed by atoms with Gasteiger partial charge in [0.1, 0.15) is 0 Å². The highest BCUT2D eigenvalue weighted by Gasteiger charge is 2.04. The van der Waals surface area contributed by atoms with Gasteiger partial charge in [0.2, 0.25) is 0 Å². The Morgan fingerprint density at radius 1 is 1.22 bits per heavy atom. The van der Waals surface area contributed by atoms with Crippen molar-refractivity contribution in [1.82, 2.24) is 10.3 Å². The average molecular weight is 260 g/mol. The van der Waals surface area contributed by atoms with Crippen LogP contribution in [-0.4, -0.2) is 11.5 Å². The van der Waals surface area contributed by atoms with Gasteiger partial charge < -0.3 is 5.32 Å². The van der Waals surface area contributed by atoms with Gasteiger partial charge in [-0.25, -0.2) is 4.98 Å². The molecule has 0 aliphatic heterocycles. The number of benzene rings is 1. The lowest BCUT2D eigenvalue weighted by Crippen LogP contribution is -2.10. The van der Waals surface area contributed by atoms with Crippen LogP contribution in [0.3, 0.4) is 0 Å². The van der Waals surface area contributed by atoms with Crippen molar-refractivity contribution >= 4 is 11.3 Å². The van der Waals surface area contributed by atoms with E-state index in [9.17, 15) is 0 Å². The summed E-state index contributed by atoms with van der Waals surface area (Å²) in [5.74, 6) is 0. The van der Waals surface area contributed by atoms with Gasteiger partial charge in [0.25, 0.3) is 0 Å². The smallest absolute Gasteiger partial charge is 0.0972 e. The largest absolute Gasteiger partial charge is 0.312 e. The number of rotatable bonds is 5. The molecule has 0 bridgehead atoms. The molecule has 2 aromatic rings. The molecule has 3 heteroatoms. The summed E-state index contributed by atoms with van der Waals surface area (Å²) in [5, 5.41) is 4.53. The fourth-order valence-electron chi connectivity index (χ4n) is 1.85. The van der Waals surface area contributed by atoms with Crippen molar-refractivity contribution in [2.75, 3.05) is 6.54 Å². The van der Waals surface area contributed by atoms with Gasteiger partial charge in [0.05, 0.1) is 5.01 Å². The maximum Gasteiger partial charge on any atom is 0.0972 e. The molecule has 0 unspecified atom stereocenters. The van der Waals surface area contributed by atoms with E-state index in [2.05, 4.69) is 49.3 Å². The second kappa shape index (κ2) is 6.12. The van der Waals surface area contributed by atoms with Gasteiger partial charge in [-0.2, -0.15) is 0 Å². The topological polar surface area (TPSA) is 24.9 Å². The summed E-state index contributed by atoms with van der Waals surface area (Å²) < 4.78 is 0. The molecule has 0 aliphatic carbocycles. The average Bonchev–Trinajstić information content (AvgIpc) is 2.79. The fourth-order valence-corrected chi connectivity index (χ4v) is 2.77. The van der Waals surface area contributed by atoms with E-state index in [1.54, 1.807) is 11.3 Å². The minimum atomic E-state index is 0.932. The van der Waals surface area contributed by atoms with Crippen molar-refractivity contribution in [2.45, 2.75) is 33.7 Å². The molecule has 96 valence electrons. The van der Waals surface area contributed by atoms with Gasteiger partial charge in [0.15, 0.2) is 0 Å². The van der Waals surface area contributed by atoms with Crippen molar-refractivity contribution in [1.29, 1.82) is 0 Å². The summed E-state index contributed by atoms with van der Waals surface area (Å²) in [7, 11) is 0. The summed E-state index contributed by atoms with van der Waals surface area (Å²) in [6.45, 7) is 8.37. The Morgan fingerprint density at radius 2 is 2.06 bits per heavy atom. The van der Waals surface area contributed by atoms with Crippen LogP contribution >= 0.6 is 11.3 Å². The molecule has 18 heavy (non-hydrogen) atoms. The van der Waals surface area contributed by atoms with Crippen molar-refractivity contribution in [3.63, 3.8) is 0 Å². The van der Waals surface area contributed by atoms with E-state index < -0.39 is 0 Å². The highest BCUT2D eigenvalue weighted by Crippen LogP contribution is 2.18. The maximum absolute atomic E-state index is 4.49. The first kappa shape index (κ1) is 13.2. The minimum absolute atomic E-state index is 0.932. The van der Waals surface area contributed by atoms with Crippen LogP contribution in [0.5, 0.6) is 0 Å². The molecule has 2 nitrogen and oxygen atoms in total. The Kier molecular flexibility index (Phi) is 4.50. The number of hydrogen-bond acceptors (Lipinski definition) is 3. The van der Waals surface area contributed by atoms with E-state index in [1.807, 2.05) is 6.20 Å². The Labute approximate surface area is 113 Å². The van der Waals surface area contributed by atoms with Crippen LogP contribution in [-0.2, 0) is 13.0 Å². The molecule has 2 rings (SSSR count). The molecular formula is C15H20N2S. The van der Waals surface area contributed by atoms with Crippen LogP contribution in [0.25, 0.3) is 0 Å². The van der Waals surface area contributed by atoms with Gasteiger partial charge in [-0.05, 0) is 37.1 Å². The van der Waals surface area contributed by atoms with Crippen LogP contribution in [0.2, 0.25) is 0 Å². The number of hydrogen-bond donors (Lipinski definition) is 1. The fraction of sp³-hybridized carbons (Fsp3) is 0.400. The minimum Gasteiger partial charge on any atom is -0.312 e.